The van der Waals surface area contributed by atoms with Crippen LogP contribution in [0, 0.1) is 0 Å². The molecule has 4 N–H and O–H groups in total. The normalized spacial score (nSPS) is 16.1. The van der Waals surface area contributed by atoms with E-state index in [1.807, 2.05) is 18.2 Å². The van der Waals surface area contributed by atoms with Gasteiger partial charge in [-0.25, -0.2) is 15.0 Å². The summed E-state index contributed by atoms with van der Waals surface area (Å²) in [6.45, 7) is 1.24. The third-order valence-corrected chi connectivity index (χ3v) is 4.45. The number of anilines is 2. The fourth-order valence-corrected chi connectivity index (χ4v) is 3.05. The summed E-state index contributed by atoms with van der Waals surface area (Å²) in [5.41, 5.74) is 6.98. The molecule has 8 nitrogen and oxygen atoms in total. The Morgan fingerprint density at radius 3 is 2.89 bits per heavy atom. The lowest BCUT2D eigenvalue weighted by molar-refractivity contribution is -0.124. The molecular weight excluding hydrogens is 356 g/mol. The van der Waals surface area contributed by atoms with Crippen LogP contribution in [0.25, 0.3) is 10.8 Å². The van der Waals surface area contributed by atoms with Gasteiger partial charge in [-0.05, 0) is 23.1 Å². The molecule has 3 aromatic rings. The van der Waals surface area contributed by atoms with Crippen molar-refractivity contribution in [2.75, 3.05) is 17.6 Å². The van der Waals surface area contributed by atoms with E-state index in [0.29, 0.717) is 37.0 Å². The number of nitrogens with one attached hydrogen (secondary N) is 2. The van der Waals surface area contributed by atoms with Crippen LogP contribution in [0.2, 0.25) is 0 Å². The summed E-state index contributed by atoms with van der Waals surface area (Å²) in [6, 6.07) is 7.98. The number of pyridine rings is 1. The number of carbonyl (C=O) groups excluding carboxylic acids is 1. The highest BCUT2D eigenvalue weighted by Crippen LogP contribution is 2.20. The molecule has 0 saturated carbocycles. The Labute approximate surface area is 163 Å². The zero-order valence-corrected chi connectivity index (χ0v) is 14.7. The van der Waals surface area contributed by atoms with Crippen molar-refractivity contribution in [1.82, 2.24) is 20.3 Å². The van der Waals surface area contributed by atoms with Gasteiger partial charge in [-0.3, -0.25) is 4.79 Å². The van der Waals surface area contributed by atoms with Gasteiger partial charge in [-0.15, -0.1) is 0 Å². The number of hydrogen-bond donors (Lipinski definition) is 3. The summed E-state index contributed by atoms with van der Waals surface area (Å²) in [5.74, 6) is 1.61. The summed E-state index contributed by atoms with van der Waals surface area (Å²) in [4.78, 5) is 24.1. The van der Waals surface area contributed by atoms with Crippen LogP contribution < -0.4 is 21.1 Å². The number of fused-ring (bicyclic) bond motifs is 1. The maximum Gasteiger partial charge on any atom is 0.232 e. The number of aromatic nitrogens is 3. The number of benzene rings is 1. The molecule has 146 valence electrons. The van der Waals surface area contributed by atoms with Crippen molar-refractivity contribution in [2.24, 2.45) is 0 Å². The van der Waals surface area contributed by atoms with Gasteiger partial charge in [0.05, 0.1) is 18.8 Å². The van der Waals surface area contributed by atoms with Gasteiger partial charge in [-0.2, -0.15) is 0 Å². The third kappa shape index (κ3) is 4.46. The highest BCUT2D eigenvalue weighted by atomic mass is 16.5. The van der Waals surface area contributed by atoms with Crippen LogP contribution in [0.4, 0.5) is 11.6 Å². The number of amides is 1. The van der Waals surface area contributed by atoms with Gasteiger partial charge in [0.2, 0.25) is 11.8 Å². The first-order valence-corrected chi connectivity index (χ1v) is 8.80. The second-order valence-corrected chi connectivity index (χ2v) is 6.43. The van der Waals surface area contributed by atoms with Crippen molar-refractivity contribution in [3.63, 3.8) is 0 Å². The summed E-state index contributed by atoms with van der Waals surface area (Å²) in [7, 11) is 0. The first-order chi connectivity index (χ1) is 13.2. The topological polar surface area (TPSA) is 115 Å². The van der Waals surface area contributed by atoms with E-state index in [9.17, 15) is 4.79 Å². The SMILES string of the molecule is C.Nc1nccc2cc(CNc3cnc(OC4CCNC(=O)C4)cn3)ccc12. The summed E-state index contributed by atoms with van der Waals surface area (Å²) in [5, 5.41) is 8.01. The van der Waals surface area contributed by atoms with Gasteiger partial charge in [0, 0.05) is 31.1 Å². The molecule has 0 spiro atoms. The lowest BCUT2D eigenvalue weighted by Crippen LogP contribution is -2.38. The van der Waals surface area contributed by atoms with Gasteiger partial charge in [-0.1, -0.05) is 19.6 Å². The highest BCUT2D eigenvalue weighted by molar-refractivity contribution is 5.91. The summed E-state index contributed by atoms with van der Waals surface area (Å²) >= 11 is 0. The van der Waals surface area contributed by atoms with Gasteiger partial charge < -0.3 is 21.1 Å². The molecule has 0 bridgehead atoms. The Kier molecular flexibility index (Phi) is 5.88. The number of rotatable bonds is 5. The minimum absolute atomic E-state index is 0. The Bertz CT molecular complexity index is 961. The van der Waals surface area contributed by atoms with E-state index in [-0.39, 0.29) is 19.4 Å². The largest absolute Gasteiger partial charge is 0.473 e. The van der Waals surface area contributed by atoms with Crippen molar-refractivity contribution in [2.45, 2.75) is 32.9 Å². The first-order valence-electron chi connectivity index (χ1n) is 8.80. The van der Waals surface area contributed by atoms with Crippen LogP contribution in [-0.4, -0.2) is 33.5 Å². The van der Waals surface area contributed by atoms with Gasteiger partial charge in [0.1, 0.15) is 17.7 Å². The van der Waals surface area contributed by atoms with Crippen LogP contribution in [-0.2, 0) is 11.3 Å². The number of nitrogen functional groups attached to an aromatic ring is 1. The molecule has 28 heavy (non-hydrogen) atoms. The average molecular weight is 380 g/mol. The molecule has 1 aliphatic heterocycles. The molecule has 0 radical (unpaired) electrons. The average Bonchev–Trinajstić information content (AvgIpc) is 2.68. The minimum atomic E-state index is -0.147. The minimum Gasteiger partial charge on any atom is -0.473 e. The van der Waals surface area contributed by atoms with E-state index in [1.165, 1.54) is 0 Å². The second kappa shape index (κ2) is 8.51. The molecule has 0 aliphatic carbocycles. The van der Waals surface area contributed by atoms with Gasteiger partial charge >= 0.3 is 0 Å². The van der Waals surface area contributed by atoms with Crippen molar-refractivity contribution in [1.29, 1.82) is 0 Å². The van der Waals surface area contributed by atoms with Crippen molar-refractivity contribution in [3.8, 4) is 5.88 Å². The Balaban J connectivity index is 0.00000225. The zero-order chi connectivity index (χ0) is 18.6. The second-order valence-electron chi connectivity index (χ2n) is 6.43. The number of ether oxygens (including phenoxy) is 1. The van der Waals surface area contributed by atoms with E-state index in [4.69, 9.17) is 10.5 Å². The molecule has 1 amide bonds. The molecule has 3 heterocycles. The standard InChI is InChI=1S/C19H20N6O2.CH4/c20-19-15-2-1-12(7-13(15)3-5-22-19)9-23-16-10-25-18(11-24-16)27-14-4-6-21-17(26)8-14;/h1-3,5,7,10-11,14H,4,6,8-9H2,(H2,20,22)(H,21,26)(H,23,24);1H4. The summed E-state index contributed by atoms with van der Waals surface area (Å²) in [6.07, 6.45) is 5.88. The maximum absolute atomic E-state index is 11.4. The molecule has 1 saturated heterocycles. The smallest absolute Gasteiger partial charge is 0.232 e. The predicted molar refractivity (Wildman–Crippen MR) is 109 cm³/mol. The van der Waals surface area contributed by atoms with E-state index in [0.717, 1.165) is 22.8 Å². The molecule has 8 heteroatoms. The number of piperidine rings is 1. The number of nitrogens with two attached hydrogens (primary N) is 1. The van der Waals surface area contributed by atoms with Crippen LogP contribution in [0.15, 0.2) is 42.9 Å². The fraction of sp³-hybridized carbons (Fsp3) is 0.300. The number of hydrogen-bond acceptors (Lipinski definition) is 7. The fourth-order valence-electron chi connectivity index (χ4n) is 3.05. The van der Waals surface area contributed by atoms with Crippen LogP contribution >= 0.6 is 0 Å². The molecule has 4 rings (SSSR count). The van der Waals surface area contributed by atoms with E-state index >= 15 is 0 Å². The molecular formula is C20H24N6O2. The zero-order valence-electron chi connectivity index (χ0n) is 14.7. The van der Waals surface area contributed by atoms with Gasteiger partial charge in [0.15, 0.2) is 0 Å². The molecule has 1 atom stereocenters. The predicted octanol–water partition coefficient (Wildman–Crippen LogP) is 2.51. The Hall–Kier alpha value is -3.42. The molecule has 1 unspecified atom stereocenters. The van der Waals surface area contributed by atoms with E-state index < -0.39 is 0 Å². The maximum atomic E-state index is 11.4. The van der Waals surface area contributed by atoms with Crippen LogP contribution in [0.3, 0.4) is 0 Å². The molecule has 1 fully saturated rings. The number of carbonyl (C=O) groups is 1. The Morgan fingerprint density at radius 1 is 1.21 bits per heavy atom. The van der Waals surface area contributed by atoms with Crippen molar-refractivity contribution >= 4 is 28.3 Å². The monoisotopic (exact) mass is 380 g/mol. The lowest BCUT2D eigenvalue weighted by Gasteiger charge is -2.22. The first kappa shape index (κ1) is 19.3. The highest BCUT2D eigenvalue weighted by Gasteiger charge is 2.20. The van der Waals surface area contributed by atoms with E-state index in [2.05, 4.69) is 31.7 Å². The van der Waals surface area contributed by atoms with Crippen molar-refractivity contribution in [3.05, 3.63) is 48.4 Å². The van der Waals surface area contributed by atoms with Crippen LogP contribution in [0.5, 0.6) is 5.88 Å². The molecule has 1 aliphatic rings. The van der Waals surface area contributed by atoms with Crippen molar-refractivity contribution < 1.29 is 9.53 Å². The van der Waals surface area contributed by atoms with E-state index in [1.54, 1.807) is 18.6 Å². The molecule has 2 aromatic heterocycles. The third-order valence-electron chi connectivity index (χ3n) is 4.45. The number of nitrogens with zero attached hydrogens (tertiary/aromatic N) is 3. The summed E-state index contributed by atoms with van der Waals surface area (Å²) < 4.78 is 5.72. The Morgan fingerprint density at radius 2 is 2.11 bits per heavy atom. The van der Waals surface area contributed by atoms with Gasteiger partial charge in [0.25, 0.3) is 0 Å². The molecule has 1 aromatic carbocycles. The van der Waals surface area contributed by atoms with Crippen LogP contribution in [0.1, 0.15) is 25.8 Å². The lowest BCUT2D eigenvalue weighted by atomic mass is 10.1. The quantitative estimate of drug-likeness (QED) is 0.623.